The maximum absolute atomic E-state index is 13.4. The summed E-state index contributed by atoms with van der Waals surface area (Å²) in [6.45, 7) is 6.22. The minimum atomic E-state index is -0.378. The Kier molecular flexibility index (Phi) is 6.40. The Bertz CT molecular complexity index is 1110. The van der Waals surface area contributed by atoms with Crippen LogP contribution in [0.2, 0.25) is 5.02 Å². The average molecular weight is 463 g/mol. The summed E-state index contributed by atoms with van der Waals surface area (Å²) in [5, 5.41) is 3.74. The molecule has 4 nitrogen and oxygen atoms in total. The van der Waals surface area contributed by atoms with Gasteiger partial charge in [0, 0.05) is 15.6 Å². The van der Waals surface area contributed by atoms with Gasteiger partial charge in [-0.3, -0.25) is 9.59 Å². The minimum absolute atomic E-state index is 0.260. The third-order valence-electron chi connectivity index (χ3n) is 5.21. The second-order valence-electron chi connectivity index (χ2n) is 7.94. The van der Waals surface area contributed by atoms with Gasteiger partial charge in [0.2, 0.25) is 0 Å². The molecular formula is C26H23ClN2O2S. The van der Waals surface area contributed by atoms with Crippen LogP contribution >= 0.6 is 23.4 Å². The lowest BCUT2D eigenvalue weighted by Crippen LogP contribution is -2.32. The lowest BCUT2D eigenvalue weighted by molar-refractivity contribution is -0.120. The normalized spacial score (nSPS) is 14.0. The van der Waals surface area contributed by atoms with Crippen molar-refractivity contribution in [3.8, 4) is 0 Å². The monoisotopic (exact) mass is 462 g/mol. The number of halogens is 1. The Balaban J connectivity index is 1.71. The fourth-order valence-electron chi connectivity index (χ4n) is 3.36. The van der Waals surface area contributed by atoms with Gasteiger partial charge in [0.05, 0.1) is 5.69 Å². The standard InChI is InChI=1S/C26H23ClN2O2S/c1-16(2)18-6-12-21(13-7-18)29-25(30)23(28-20-10-8-19(27)9-11-20)24(26(29)31)32-22-14-4-17(3)5-15-22/h4-16,28H,1-3H3. The molecule has 0 radical (unpaired) electrons. The summed E-state index contributed by atoms with van der Waals surface area (Å²) in [5.74, 6) is -0.354. The summed E-state index contributed by atoms with van der Waals surface area (Å²) in [7, 11) is 0. The van der Waals surface area contributed by atoms with Gasteiger partial charge in [-0.15, -0.1) is 0 Å². The summed E-state index contributed by atoms with van der Waals surface area (Å²) < 4.78 is 0. The van der Waals surface area contributed by atoms with E-state index >= 15 is 0 Å². The minimum Gasteiger partial charge on any atom is -0.350 e. The largest absolute Gasteiger partial charge is 0.350 e. The number of rotatable bonds is 6. The Hall–Kier alpha value is -3.02. The van der Waals surface area contributed by atoms with E-state index in [-0.39, 0.29) is 17.5 Å². The highest BCUT2D eigenvalue weighted by Gasteiger charge is 2.40. The Morgan fingerprint density at radius 1 is 0.844 bits per heavy atom. The highest BCUT2D eigenvalue weighted by molar-refractivity contribution is 8.04. The zero-order valence-electron chi connectivity index (χ0n) is 18.1. The van der Waals surface area contributed by atoms with Crippen molar-refractivity contribution in [3.63, 3.8) is 0 Å². The second kappa shape index (κ2) is 9.23. The molecule has 1 aliphatic rings. The van der Waals surface area contributed by atoms with E-state index in [0.717, 1.165) is 16.0 Å². The summed E-state index contributed by atoms with van der Waals surface area (Å²) in [6.07, 6.45) is 0. The van der Waals surface area contributed by atoms with Crippen molar-refractivity contribution in [3.05, 3.63) is 99.5 Å². The van der Waals surface area contributed by atoms with Gasteiger partial charge in [0.15, 0.2) is 0 Å². The molecule has 0 bridgehead atoms. The highest BCUT2D eigenvalue weighted by Crippen LogP contribution is 2.38. The van der Waals surface area contributed by atoms with Gasteiger partial charge in [0.25, 0.3) is 11.8 Å². The van der Waals surface area contributed by atoms with E-state index in [2.05, 4.69) is 19.2 Å². The number of nitrogens with one attached hydrogen (secondary N) is 1. The molecule has 2 amide bonds. The average Bonchev–Trinajstić information content (AvgIpc) is 3.00. The van der Waals surface area contributed by atoms with Crippen molar-refractivity contribution in [1.82, 2.24) is 0 Å². The van der Waals surface area contributed by atoms with Crippen LogP contribution in [0.15, 0.2) is 88.3 Å². The molecule has 3 aromatic rings. The van der Waals surface area contributed by atoms with Crippen LogP contribution in [0.1, 0.15) is 30.9 Å². The lowest BCUT2D eigenvalue weighted by atomic mass is 10.0. The van der Waals surface area contributed by atoms with Crippen LogP contribution < -0.4 is 10.2 Å². The molecule has 0 atom stereocenters. The van der Waals surface area contributed by atoms with E-state index in [1.165, 1.54) is 16.7 Å². The second-order valence-corrected chi connectivity index (χ2v) is 9.46. The number of nitrogens with zero attached hydrogens (tertiary/aromatic N) is 1. The van der Waals surface area contributed by atoms with Crippen LogP contribution in [0.3, 0.4) is 0 Å². The van der Waals surface area contributed by atoms with E-state index in [4.69, 9.17) is 11.6 Å². The van der Waals surface area contributed by atoms with Gasteiger partial charge < -0.3 is 5.32 Å². The molecule has 32 heavy (non-hydrogen) atoms. The van der Waals surface area contributed by atoms with Crippen molar-refractivity contribution >= 4 is 46.6 Å². The predicted octanol–water partition coefficient (Wildman–Crippen LogP) is 6.76. The molecule has 1 N–H and O–H groups in total. The molecule has 0 unspecified atom stereocenters. The third-order valence-corrected chi connectivity index (χ3v) is 6.56. The van der Waals surface area contributed by atoms with Gasteiger partial charge >= 0.3 is 0 Å². The third kappa shape index (κ3) is 4.59. The molecule has 1 heterocycles. The molecule has 3 aromatic carbocycles. The van der Waals surface area contributed by atoms with E-state index in [1.54, 1.807) is 24.3 Å². The number of hydrogen-bond donors (Lipinski definition) is 1. The number of carbonyl (C=O) groups excluding carboxylic acids is 2. The van der Waals surface area contributed by atoms with Crippen LogP contribution in [0.25, 0.3) is 0 Å². The van der Waals surface area contributed by atoms with Crippen LogP contribution in [0, 0.1) is 6.92 Å². The molecule has 0 aliphatic carbocycles. The van der Waals surface area contributed by atoms with Gasteiger partial charge in [-0.1, -0.05) is 67.0 Å². The van der Waals surface area contributed by atoms with E-state index in [1.807, 2.05) is 55.5 Å². The fourth-order valence-corrected chi connectivity index (χ4v) is 4.41. The van der Waals surface area contributed by atoms with E-state index in [9.17, 15) is 9.59 Å². The van der Waals surface area contributed by atoms with Crippen LogP contribution in [-0.2, 0) is 9.59 Å². The number of thioether (sulfide) groups is 1. The molecule has 0 saturated carbocycles. The van der Waals surface area contributed by atoms with Crippen molar-refractivity contribution in [2.45, 2.75) is 31.6 Å². The molecule has 0 fully saturated rings. The molecule has 6 heteroatoms. The number of aryl methyl sites for hydroxylation is 1. The zero-order chi connectivity index (χ0) is 22.8. The first kappa shape index (κ1) is 22.2. The van der Waals surface area contributed by atoms with Gasteiger partial charge in [-0.25, -0.2) is 4.90 Å². The summed E-state index contributed by atoms with van der Waals surface area (Å²) in [6, 6.07) is 22.5. The maximum atomic E-state index is 13.4. The maximum Gasteiger partial charge on any atom is 0.283 e. The predicted molar refractivity (Wildman–Crippen MR) is 132 cm³/mol. The number of anilines is 2. The molecule has 162 valence electrons. The summed E-state index contributed by atoms with van der Waals surface area (Å²) >= 11 is 7.28. The molecule has 4 rings (SSSR count). The van der Waals surface area contributed by atoms with Gasteiger partial charge in [-0.05, 0) is 66.9 Å². The smallest absolute Gasteiger partial charge is 0.283 e. The molecule has 0 aromatic heterocycles. The van der Waals surface area contributed by atoms with Gasteiger partial charge in [0.1, 0.15) is 10.6 Å². The van der Waals surface area contributed by atoms with Crippen molar-refractivity contribution in [1.29, 1.82) is 0 Å². The van der Waals surface area contributed by atoms with Gasteiger partial charge in [-0.2, -0.15) is 0 Å². The quantitative estimate of drug-likeness (QED) is 0.411. The van der Waals surface area contributed by atoms with Crippen LogP contribution in [-0.4, -0.2) is 11.8 Å². The van der Waals surface area contributed by atoms with Crippen molar-refractivity contribution < 1.29 is 9.59 Å². The van der Waals surface area contributed by atoms with E-state index in [0.29, 0.717) is 27.2 Å². The van der Waals surface area contributed by atoms with Crippen LogP contribution in [0.5, 0.6) is 0 Å². The number of hydrogen-bond acceptors (Lipinski definition) is 4. The first-order chi connectivity index (χ1) is 15.3. The molecular weight excluding hydrogens is 440 g/mol. The molecule has 0 spiro atoms. The first-order valence-corrected chi connectivity index (χ1v) is 11.5. The number of amides is 2. The Morgan fingerprint density at radius 3 is 2.06 bits per heavy atom. The lowest BCUT2D eigenvalue weighted by Gasteiger charge is -2.16. The topological polar surface area (TPSA) is 49.4 Å². The molecule has 1 aliphatic heterocycles. The number of benzene rings is 3. The first-order valence-electron chi connectivity index (χ1n) is 10.3. The highest BCUT2D eigenvalue weighted by atomic mass is 35.5. The zero-order valence-corrected chi connectivity index (χ0v) is 19.6. The van der Waals surface area contributed by atoms with Crippen molar-refractivity contribution in [2.24, 2.45) is 0 Å². The number of carbonyl (C=O) groups is 2. The van der Waals surface area contributed by atoms with Crippen molar-refractivity contribution in [2.75, 3.05) is 10.2 Å². The summed E-state index contributed by atoms with van der Waals surface area (Å²) in [4.78, 5) is 29.3. The number of imide groups is 1. The Morgan fingerprint density at radius 2 is 1.47 bits per heavy atom. The van der Waals surface area contributed by atoms with E-state index < -0.39 is 0 Å². The fraction of sp³-hybridized carbons (Fsp3) is 0.154. The Labute approximate surface area is 197 Å². The SMILES string of the molecule is Cc1ccc(SC2=C(Nc3ccc(Cl)cc3)C(=O)N(c3ccc(C(C)C)cc3)C2=O)cc1. The van der Waals surface area contributed by atoms with Crippen LogP contribution in [0.4, 0.5) is 11.4 Å². The summed E-state index contributed by atoms with van der Waals surface area (Å²) in [5.41, 5.74) is 3.78. The molecule has 0 saturated heterocycles.